The van der Waals surface area contributed by atoms with Crippen LogP contribution >= 0.6 is 0 Å². The molecule has 4 aliphatic rings. The molecule has 0 saturated heterocycles. The van der Waals surface area contributed by atoms with E-state index in [0.29, 0.717) is 41.0 Å². The van der Waals surface area contributed by atoms with Crippen LogP contribution in [0.4, 0.5) is 0 Å². The predicted molar refractivity (Wildman–Crippen MR) is 125 cm³/mol. The standard InChI is InChI=1S/C25H41NO2.C2H6/c1-6-16-8-7-9-19-22-20(11-13-24(16,19)4)25(5)12-10-18(26)14-17(25)15-21(22)28-23(2,3)27;1-2/h1,16-22,27H,7-15,26H2,2-5H3;1-2H3. The van der Waals surface area contributed by atoms with Gasteiger partial charge in [-0.05, 0) is 99.7 Å². The van der Waals surface area contributed by atoms with Crippen LogP contribution in [0.2, 0.25) is 0 Å². The van der Waals surface area contributed by atoms with E-state index in [2.05, 4.69) is 19.8 Å². The van der Waals surface area contributed by atoms with Crippen LogP contribution in [0, 0.1) is 52.8 Å². The zero-order valence-electron chi connectivity index (χ0n) is 20.4. The van der Waals surface area contributed by atoms with Crippen molar-refractivity contribution in [1.29, 1.82) is 0 Å². The summed E-state index contributed by atoms with van der Waals surface area (Å²) < 4.78 is 6.40. The number of aliphatic hydroxyl groups is 1. The highest BCUT2D eigenvalue weighted by Crippen LogP contribution is 2.66. The van der Waals surface area contributed by atoms with Gasteiger partial charge in [0.2, 0.25) is 0 Å². The largest absolute Gasteiger partial charge is 0.366 e. The van der Waals surface area contributed by atoms with E-state index in [1.54, 1.807) is 13.8 Å². The lowest BCUT2D eigenvalue weighted by atomic mass is 9.41. The molecule has 4 saturated carbocycles. The summed E-state index contributed by atoms with van der Waals surface area (Å²) in [4.78, 5) is 0. The lowest BCUT2D eigenvalue weighted by molar-refractivity contribution is -0.269. The summed E-state index contributed by atoms with van der Waals surface area (Å²) in [7, 11) is 0. The van der Waals surface area contributed by atoms with Crippen LogP contribution < -0.4 is 5.73 Å². The van der Waals surface area contributed by atoms with Crippen molar-refractivity contribution in [1.82, 2.24) is 0 Å². The molecule has 9 atom stereocenters. The van der Waals surface area contributed by atoms with Crippen LogP contribution in [0.25, 0.3) is 0 Å². The van der Waals surface area contributed by atoms with Gasteiger partial charge >= 0.3 is 0 Å². The second-order valence-corrected chi connectivity index (χ2v) is 11.6. The minimum absolute atomic E-state index is 0.120. The lowest BCUT2D eigenvalue weighted by Gasteiger charge is -2.65. The highest BCUT2D eigenvalue weighted by Gasteiger charge is 2.62. The summed E-state index contributed by atoms with van der Waals surface area (Å²) >= 11 is 0. The van der Waals surface area contributed by atoms with Crippen molar-refractivity contribution in [3.8, 4) is 12.3 Å². The molecule has 0 radical (unpaired) electrons. The Bertz CT molecular complexity index is 634. The number of hydrogen-bond acceptors (Lipinski definition) is 3. The molecule has 30 heavy (non-hydrogen) atoms. The van der Waals surface area contributed by atoms with E-state index in [0.717, 1.165) is 19.3 Å². The van der Waals surface area contributed by atoms with Gasteiger partial charge in [-0.1, -0.05) is 34.1 Å². The van der Waals surface area contributed by atoms with Crippen molar-refractivity contribution in [3.63, 3.8) is 0 Å². The van der Waals surface area contributed by atoms with Crippen LogP contribution in [-0.2, 0) is 4.74 Å². The molecular weight excluding hydrogens is 370 g/mol. The second kappa shape index (κ2) is 8.76. The molecule has 172 valence electrons. The molecule has 9 unspecified atom stereocenters. The molecule has 3 nitrogen and oxygen atoms in total. The van der Waals surface area contributed by atoms with E-state index in [-0.39, 0.29) is 11.5 Å². The zero-order chi connectivity index (χ0) is 22.3. The Morgan fingerprint density at radius 2 is 1.63 bits per heavy atom. The Labute approximate surface area is 185 Å². The van der Waals surface area contributed by atoms with Gasteiger partial charge in [0.05, 0.1) is 6.10 Å². The summed E-state index contributed by atoms with van der Waals surface area (Å²) in [5.41, 5.74) is 6.98. The molecule has 4 rings (SSSR count). The highest BCUT2D eigenvalue weighted by atomic mass is 16.6. The van der Waals surface area contributed by atoms with Gasteiger partial charge in [0.1, 0.15) is 0 Å². The van der Waals surface area contributed by atoms with Crippen LogP contribution in [0.3, 0.4) is 0 Å². The van der Waals surface area contributed by atoms with E-state index in [4.69, 9.17) is 16.9 Å². The molecule has 4 aliphatic carbocycles. The Kier molecular flexibility index (Phi) is 7.03. The molecular formula is C27H47NO2. The van der Waals surface area contributed by atoms with E-state index >= 15 is 0 Å². The minimum atomic E-state index is -1.09. The summed E-state index contributed by atoms with van der Waals surface area (Å²) in [5, 5.41) is 10.6. The zero-order valence-corrected chi connectivity index (χ0v) is 20.4. The first-order valence-electron chi connectivity index (χ1n) is 12.7. The van der Waals surface area contributed by atoms with Gasteiger partial charge in [-0.2, -0.15) is 0 Å². The first-order valence-corrected chi connectivity index (χ1v) is 12.7. The molecule has 3 heteroatoms. The summed E-state index contributed by atoms with van der Waals surface area (Å²) in [5.74, 6) is 4.87. The van der Waals surface area contributed by atoms with Crippen LogP contribution in [-0.4, -0.2) is 23.0 Å². The van der Waals surface area contributed by atoms with Crippen molar-refractivity contribution in [3.05, 3.63) is 0 Å². The molecule has 0 aromatic rings. The lowest BCUT2D eigenvalue weighted by Crippen LogP contribution is -2.62. The number of nitrogens with two attached hydrogens (primary N) is 1. The SMILES string of the molecule is C#CC1CCCC2C3C(OC(C)(C)O)CC4CC(N)CCC4(C)C3CCC12C.CC. The predicted octanol–water partition coefficient (Wildman–Crippen LogP) is 5.75. The van der Waals surface area contributed by atoms with Gasteiger partial charge in [0.15, 0.2) is 5.79 Å². The van der Waals surface area contributed by atoms with E-state index in [1.165, 1.54) is 38.5 Å². The fourth-order valence-corrected chi connectivity index (χ4v) is 8.19. The fourth-order valence-electron chi connectivity index (χ4n) is 8.19. The smallest absolute Gasteiger partial charge is 0.160 e. The topological polar surface area (TPSA) is 55.5 Å². The Balaban J connectivity index is 0.00000124. The summed E-state index contributed by atoms with van der Waals surface area (Å²) in [6.07, 6.45) is 16.9. The monoisotopic (exact) mass is 417 g/mol. The van der Waals surface area contributed by atoms with E-state index < -0.39 is 5.79 Å². The van der Waals surface area contributed by atoms with Gasteiger partial charge in [-0.15, -0.1) is 12.3 Å². The number of ether oxygens (including phenoxy) is 1. The first kappa shape index (κ1) is 24.1. The van der Waals surface area contributed by atoms with Gasteiger partial charge in [0.25, 0.3) is 0 Å². The Morgan fingerprint density at radius 1 is 1.00 bits per heavy atom. The highest BCUT2D eigenvalue weighted by molar-refractivity contribution is 5.14. The van der Waals surface area contributed by atoms with Gasteiger partial charge in [-0.25, -0.2) is 0 Å². The molecule has 0 aromatic carbocycles. The third-order valence-electron chi connectivity index (χ3n) is 9.58. The number of fused-ring (bicyclic) bond motifs is 5. The summed E-state index contributed by atoms with van der Waals surface area (Å²) in [6.45, 7) is 12.6. The van der Waals surface area contributed by atoms with E-state index in [9.17, 15) is 5.11 Å². The molecule has 0 amide bonds. The maximum absolute atomic E-state index is 10.6. The second-order valence-electron chi connectivity index (χ2n) is 11.6. The number of terminal acetylenes is 1. The normalized spacial score (nSPS) is 48.2. The van der Waals surface area contributed by atoms with Crippen LogP contribution in [0.5, 0.6) is 0 Å². The minimum Gasteiger partial charge on any atom is -0.366 e. The fraction of sp³-hybridized carbons (Fsp3) is 0.926. The van der Waals surface area contributed by atoms with Crippen LogP contribution in [0.1, 0.15) is 99.3 Å². The van der Waals surface area contributed by atoms with Crippen molar-refractivity contribution < 1.29 is 9.84 Å². The molecule has 4 fully saturated rings. The van der Waals surface area contributed by atoms with Gasteiger partial charge in [0, 0.05) is 12.0 Å². The Hall–Kier alpha value is -0.560. The average molecular weight is 418 g/mol. The maximum atomic E-state index is 10.6. The van der Waals surface area contributed by atoms with Crippen LogP contribution in [0.15, 0.2) is 0 Å². The van der Waals surface area contributed by atoms with Crippen molar-refractivity contribution in [2.24, 2.45) is 46.2 Å². The maximum Gasteiger partial charge on any atom is 0.160 e. The van der Waals surface area contributed by atoms with Crippen molar-refractivity contribution in [2.45, 2.75) is 117 Å². The third-order valence-corrected chi connectivity index (χ3v) is 9.58. The van der Waals surface area contributed by atoms with Crippen molar-refractivity contribution >= 4 is 0 Å². The number of hydrogen-bond donors (Lipinski definition) is 2. The number of rotatable bonds is 2. The average Bonchev–Trinajstić information content (AvgIpc) is 2.68. The first-order chi connectivity index (χ1) is 14.1. The quantitative estimate of drug-likeness (QED) is 0.444. The van der Waals surface area contributed by atoms with E-state index in [1.807, 2.05) is 13.8 Å². The Morgan fingerprint density at radius 3 is 2.27 bits per heavy atom. The van der Waals surface area contributed by atoms with Gasteiger partial charge in [-0.3, -0.25) is 0 Å². The molecule has 0 bridgehead atoms. The molecule has 0 aliphatic heterocycles. The summed E-state index contributed by atoms with van der Waals surface area (Å²) in [6, 6.07) is 0.326. The van der Waals surface area contributed by atoms with Crippen molar-refractivity contribution in [2.75, 3.05) is 0 Å². The molecule has 3 N–H and O–H groups in total. The molecule has 0 aromatic heterocycles. The molecule has 0 heterocycles. The molecule has 0 spiro atoms. The third kappa shape index (κ3) is 4.10. The van der Waals surface area contributed by atoms with Gasteiger partial charge < -0.3 is 15.6 Å².